The van der Waals surface area contributed by atoms with Gasteiger partial charge < -0.3 is 5.32 Å². The fourth-order valence-electron chi connectivity index (χ4n) is 2.92. The SMILES string of the molecule is Cc1cc(C(=O)NCCN2CCS(=O)(=O)CC2)c2ccc(Br)cc2n1. The first-order chi connectivity index (χ1) is 11.8. The lowest BCUT2D eigenvalue weighted by Crippen LogP contribution is -2.43. The summed E-state index contributed by atoms with van der Waals surface area (Å²) in [6.07, 6.45) is 0. The molecule has 8 heteroatoms. The predicted molar refractivity (Wildman–Crippen MR) is 102 cm³/mol. The predicted octanol–water partition coefficient (Wildman–Crippen LogP) is 1.77. The van der Waals surface area contributed by atoms with E-state index in [2.05, 4.69) is 31.1 Å². The number of fused-ring (bicyclic) bond motifs is 1. The van der Waals surface area contributed by atoms with Gasteiger partial charge in [-0.25, -0.2) is 8.42 Å². The Kier molecular flexibility index (Phi) is 5.41. The first kappa shape index (κ1) is 18.3. The van der Waals surface area contributed by atoms with Crippen molar-refractivity contribution in [3.05, 3.63) is 40.0 Å². The molecule has 0 bridgehead atoms. The highest BCUT2D eigenvalue weighted by molar-refractivity contribution is 9.10. The van der Waals surface area contributed by atoms with E-state index in [1.165, 1.54) is 0 Å². The third-order valence-corrected chi connectivity index (χ3v) is 6.40. The number of sulfone groups is 1. The van der Waals surface area contributed by atoms with Gasteiger partial charge in [0.25, 0.3) is 5.91 Å². The largest absolute Gasteiger partial charge is 0.351 e. The summed E-state index contributed by atoms with van der Waals surface area (Å²) < 4.78 is 23.8. The molecule has 0 atom stereocenters. The molecule has 1 saturated heterocycles. The van der Waals surface area contributed by atoms with Crippen LogP contribution in [0.3, 0.4) is 0 Å². The second kappa shape index (κ2) is 7.39. The maximum Gasteiger partial charge on any atom is 0.252 e. The highest BCUT2D eigenvalue weighted by Gasteiger charge is 2.21. The highest BCUT2D eigenvalue weighted by Crippen LogP contribution is 2.22. The quantitative estimate of drug-likeness (QED) is 0.806. The van der Waals surface area contributed by atoms with E-state index in [1.807, 2.05) is 25.1 Å². The Bertz CT molecular complexity index is 895. The minimum absolute atomic E-state index is 0.137. The molecule has 1 aromatic carbocycles. The maximum absolute atomic E-state index is 12.6. The van der Waals surface area contributed by atoms with E-state index in [0.717, 1.165) is 21.1 Å². The molecule has 0 spiro atoms. The second-order valence-corrected chi connectivity index (χ2v) is 9.44. The Morgan fingerprint density at radius 1 is 1.28 bits per heavy atom. The van der Waals surface area contributed by atoms with Crippen LogP contribution in [-0.4, -0.2) is 61.9 Å². The fourth-order valence-corrected chi connectivity index (χ4v) is 4.54. The van der Waals surface area contributed by atoms with Gasteiger partial charge in [-0.1, -0.05) is 22.0 Å². The van der Waals surface area contributed by atoms with Gasteiger partial charge in [-0.05, 0) is 25.1 Å². The van der Waals surface area contributed by atoms with Crippen molar-refractivity contribution in [2.75, 3.05) is 37.7 Å². The second-order valence-electron chi connectivity index (χ2n) is 6.22. The maximum atomic E-state index is 12.6. The van der Waals surface area contributed by atoms with Crippen LogP contribution in [0.25, 0.3) is 10.9 Å². The average Bonchev–Trinajstić information content (AvgIpc) is 2.55. The Balaban J connectivity index is 1.65. The van der Waals surface area contributed by atoms with Gasteiger partial charge in [-0.2, -0.15) is 0 Å². The number of hydrogen-bond donors (Lipinski definition) is 1. The van der Waals surface area contributed by atoms with Gasteiger partial charge in [0.2, 0.25) is 0 Å². The minimum Gasteiger partial charge on any atom is -0.351 e. The van der Waals surface area contributed by atoms with Gasteiger partial charge in [0.1, 0.15) is 0 Å². The molecule has 0 unspecified atom stereocenters. The lowest BCUT2D eigenvalue weighted by atomic mass is 10.1. The lowest BCUT2D eigenvalue weighted by molar-refractivity contribution is 0.0950. The number of benzene rings is 1. The number of pyridine rings is 1. The molecule has 1 N–H and O–H groups in total. The van der Waals surface area contributed by atoms with Gasteiger partial charge in [0.15, 0.2) is 9.84 Å². The number of carbonyl (C=O) groups excluding carboxylic acids is 1. The van der Waals surface area contributed by atoms with Crippen molar-refractivity contribution in [3.63, 3.8) is 0 Å². The molecule has 25 heavy (non-hydrogen) atoms. The van der Waals surface area contributed by atoms with Crippen LogP contribution in [0, 0.1) is 6.92 Å². The molecule has 2 heterocycles. The lowest BCUT2D eigenvalue weighted by Gasteiger charge is -2.26. The Morgan fingerprint density at radius 2 is 2.00 bits per heavy atom. The van der Waals surface area contributed by atoms with Crippen molar-refractivity contribution < 1.29 is 13.2 Å². The number of hydrogen-bond acceptors (Lipinski definition) is 5. The Hall–Kier alpha value is -1.51. The van der Waals surface area contributed by atoms with Crippen molar-refractivity contribution >= 4 is 42.6 Å². The highest BCUT2D eigenvalue weighted by atomic mass is 79.9. The first-order valence-corrected chi connectivity index (χ1v) is 10.7. The summed E-state index contributed by atoms with van der Waals surface area (Å²) >= 11 is 3.42. The third-order valence-electron chi connectivity index (χ3n) is 4.30. The van der Waals surface area contributed by atoms with Crippen molar-refractivity contribution in [1.82, 2.24) is 15.2 Å². The molecule has 1 aliphatic rings. The van der Waals surface area contributed by atoms with Crippen LogP contribution in [0.15, 0.2) is 28.7 Å². The third kappa shape index (κ3) is 4.56. The molecular formula is C17H20BrN3O3S. The van der Waals surface area contributed by atoms with Crippen LogP contribution >= 0.6 is 15.9 Å². The van der Waals surface area contributed by atoms with E-state index in [4.69, 9.17) is 0 Å². The van der Waals surface area contributed by atoms with E-state index in [9.17, 15) is 13.2 Å². The molecular weight excluding hydrogens is 406 g/mol. The number of nitrogens with one attached hydrogen (secondary N) is 1. The monoisotopic (exact) mass is 425 g/mol. The molecule has 1 amide bonds. The zero-order valence-corrected chi connectivity index (χ0v) is 16.4. The average molecular weight is 426 g/mol. The van der Waals surface area contributed by atoms with Crippen LogP contribution in [0.1, 0.15) is 16.1 Å². The van der Waals surface area contributed by atoms with E-state index in [-0.39, 0.29) is 17.4 Å². The zero-order valence-electron chi connectivity index (χ0n) is 14.0. The van der Waals surface area contributed by atoms with Gasteiger partial charge in [-0.15, -0.1) is 0 Å². The van der Waals surface area contributed by atoms with E-state index in [0.29, 0.717) is 31.7 Å². The van der Waals surface area contributed by atoms with Crippen LogP contribution in [0.2, 0.25) is 0 Å². The first-order valence-electron chi connectivity index (χ1n) is 8.12. The number of halogens is 1. The number of nitrogens with zero attached hydrogens (tertiary/aromatic N) is 2. The van der Waals surface area contributed by atoms with Gasteiger partial charge in [-0.3, -0.25) is 14.7 Å². The summed E-state index contributed by atoms with van der Waals surface area (Å²) in [5.74, 6) is 0.260. The molecule has 0 radical (unpaired) electrons. The fraction of sp³-hybridized carbons (Fsp3) is 0.412. The molecule has 1 aromatic heterocycles. The normalized spacial score (nSPS) is 17.5. The van der Waals surface area contributed by atoms with Crippen molar-refractivity contribution in [2.45, 2.75) is 6.92 Å². The molecule has 1 fully saturated rings. The van der Waals surface area contributed by atoms with E-state index >= 15 is 0 Å². The van der Waals surface area contributed by atoms with Crippen molar-refractivity contribution in [3.8, 4) is 0 Å². The Morgan fingerprint density at radius 3 is 2.72 bits per heavy atom. The summed E-state index contributed by atoms with van der Waals surface area (Å²) in [5, 5.41) is 3.75. The van der Waals surface area contributed by atoms with Crippen molar-refractivity contribution in [2.24, 2.45) is 0 Å². The van der Waals surface area contributed by atoms with Crippen LogP contribution in [-0.2, 0) is 9.84 Å². The number of amides is 1. The molecule has 1 aliphatic heterocycles. The summed E-state index contributed by atoms with van der Waals surface area (Å²) in [5.41, 5.74) is 2.17. The summed E-state index contributed by atoms with van der Waals surface area (Å²) in [4.78, 5) is 19.1. The standard InChI is InChI=1S/C17H20BrN3O3S/c1-12-10-15(14-3-2-13(18)11-16(14)20-12)17(22)19-4-5-21-6-8-25(23,24)9-7-21/h2-3,10-11H,4-9H2,1H3,(H,19,22). The summed E-state index contributed by atoms with van der Waals surface area (Å²) in [6, 6.07) is 7.47. The van der Waals surface area contributed by atoms with Crippen LogP contribution in [0.4, 0.5) is 0 Å². The summed E-state index contributed by atoms with van der Waals surface area (Å²) in [7, 11) is -2.87. The number of aromatic nitrogens is 1. The van der Waals surface area contributed by atoms with Gasteiger partial charge >= 0.3 is 0 Å². The molecule has 134 valence electrons. The Labute approximate surface area is 155 Å². The molecule has 2 aromatic rings. The zero-order chi connectivity index (χ0) is 18.0. The van der Waals surface area contributed by atoms with E-state index in [1.54, 1.807) is 6.07 Å². The molecule has 0 aliphatic carbocycles. The molecule has 6 nitrogen and oxygen atoms in total. The van der Waals surface area contributed by atoms with Gasteiger partial charge in [0.05, 0.1) is 22.6 Å². The number of carbonyl (C=O) groups is 1. The van der Waals surface area contributed by atoms with Crippen molar-refractivity contribution in [1.29, 1.82) is 0 Å². The van der Waals surface area contributed by atoms with Crippen LogP contribution in [0.5, 0.6) is 0 Å². The smallest absolute Gasteiger partial charge is 0.252 e. The molecule has 0 saturated carbocycles. The molecule has 3 rings (SSSR count). The van der Waals surface area contributed by atoms with Crippen LogP contribution < -0.4 is 5.32 Å². The topological polar surface area (TPSA) is 79.4 Å². The summed E-state index contributed by atoms with van der Waals surface area (Å²) in [6.45, 7) is 4.06. The minimum atomic E-state index is -2.87. The van der Waals surface area contributed by atoms with Gasteiger partial charge in [0, 0.05) is 41.7 Å². The number of rotatable bonds is 4. The van der Waals surface area contributed by atoms with E-state index < -0.39 is 9.84 Å². The number of aryl methyl sites for hydroxylation is 1.